The van der Waals surface area contributed by atoms with Crippen LogP contribution in [-0.4, -0.2) is 11.2 Å². The molecule has 0 saturated carbocycles. The van der Waals surface area contributed by atoms with Crippen LogP contribution in [0, 0.1) is 0 Å². The van der Waals surface area contributed by atoms with Crippen molar-refractivity contribution in [1.82, 2.24) is 0 Å². The molecule has 1 rings (SSSR count). The van der Waals surface area contributed by atoms with Gasteiger partial charge in [0, 0.05) is 5.02 Å². The highest BCUT2D eigenvalue weighted by Gasteiger charge is 2.18. The van der Waals surface area contributed by atoms with Gasteiger partial charge in [0.25, 0.3) is 0 Å². The minimum Gasteiger partial charge on any atom is -0.417 e. The standard InChI is InChI=1S/C8H2Cl4O3/c9-3-1-4(10)6(5(11)2-3)15-8(14)7(12)13/h1-2H. The molecule has 15 heavy (non-hydrogen) atoms. The first kappa shape index (κ1) is 12.6. The van der Waals surface area contributed by atoms with E-state index in [4.69, 9.17) is 46.4 Å². The molecule has 0 spiro atoms. The van der Waals surface area contributed by atoms with E-state index in [1.165, 1.54) is 12.1 Å². The Bertz CT molecular complexity index is 407. The van der Waals surface area contributed by atoms with Gasteiger partial charge >= 0.3 is 11.2 Å². The van der Waals surface area contributed by atoms with E-state index < -0.39 is 11.2 Å². The third-order valence-corrected chi connectivity index (χ3v) is 2.25. The lowest BCUT2D eigenvalue weighted by Crippen LogP contribution is -2.15. The van der Waals surface area contributed by atoms with Gasteiger partial charge < -0.3 is 4.74 Å². The van der Waals surface area contributed by atoms with Crippen LogP contribution in [0.3, 0.4) is 0 Å². The Labute approximate surface area is 105 Å². The molecule has 0 aromatic heterocycles. The van der Waals surface area contributed by atoms with Crippen molar-refractivity contribution in [2.75, 3.05) is 0 Å². The highest BCUT2D eigenvalue weighted by molar-refractivity contribution is 6.80. The lowest BCUT2D eigenvalue weighted by atomic mass is 10.3. The van der Waals surface area contributed by atoms with E-state index in [1.54, 1.807) is 0 Å². The van der Waals surface area contributed by atoms with Crippen LogP contribution in [0.5, 0.6) is 5.75 Å². The number of esters is 1. The number of halogens is 4. The van der Waals surface area contributed by atoms with Gasteiger partial charge in [0.15, 0.2) is 5.75 Å². The van der Waals surface area contributed by atoms with Crippen LogP contribution in [0.25, 0.3) is 0 Å². The molecule has 0 unspecified atom stereocenters. The largest absolute Gasteiger partial charge is 0.417 e. The molecule has 0 saturated heterocycles. The maximum atomic E-state index is 10.8. The summed E-state index contributed by atoms with van der Waals surface area (Å²) < 4.78 is 4.55. The van der Waals surface area contributed by atoms with E-state index in [2.05, 4.69) is 4.74 Å². The highest BCUT2D eigenvalue weighted by Crippen LogP contribution is 2.35. The van der Waals surface area contributed by atoms with Crippen molar-refractivity contribution < 1.29 is 14.3 Å². The van der Waals surface area contributed by atoms with Gasteiger partial charge in [-0.05, 0) is 23.7 Å². The molecule has 80 valence electrons. The molecule has 0 amide bonds. The van der Waals surface area contributed by atoms with Gasteiger partial charge in [-0.25, -0.2) is 4.79 Å². The van der Waals surface area contributed by atoms with Crippen LogP contribution in [0.1, 0.15) is 0 Å². The summed E-state index contributed by atoms with van der Waals surface area (Å²) >= 11 is 21.9. The van der Waals surface area contributed by atoms with E-state index >= 15 is 0 Å². The summed E-state index contributed by atoms with van der Waals surface area (Å²) in [5.74, 6) is -1.41. The first-order chi connectivity index (χ1) is 6.91. The van der Waals surface area contributed by atoms with E-state index in [9.17, 15) is 9.59 Å². The lowest BCUT2D eigenvalue weighted by Gasteiger charge is -2.06. The van der Waals surface area contributed by atoms with Crippen LogP contribution in [-0.2, 0) is 9.59 Å². The van der Waals surface area contributed by atoms with Gasteiger partial charge in [0.2, 0.25) is 0 Å². The van der Waals surface area contributed by atoms with Gasteiger partial charge in [-0.1, -0.05) is 34.8 Å². The Hall–Kier alpha value is -0.480. The minimum atomic E-state index is -1.27. The average molecular weight is 288 g/mol. The van der Waals surface area contributed by atoms with Gasteiger partial charge in [-0.3, -0.25) is 4.79 Å². The second-order valence-electron chi connectivity index (χ2n) is 2.36. The number of carbonyl (C=O) groups excluding carboxylic acids is 2. The number of hydrogen-bond donors (Lipinski definition) is 0. The van der Waals surface area contributed by atoms with E-state index in [0.29, 0.717) is 0 Å². The van der Waals surface area contributed by atoms with E-state index in [1.807, 2.05) is 0 Å². The number of hydrogen-bond acceptors (Lipinski definition) is 3. The maximum absolute atomic E-state index is 10.8. The second kappa shape index (κ2) is 5.03. The molecule has 0 fully saturated rings. The summed E-state index contributed by atoms with van der Waals surface area (Å²) in [6, 6.07) is 2.63. The zero-order valence-electron chi connectivity index (χ0n) is 6.89. The molecule has 0 aliphatic heterocycles. The molecule has 0 aliphatic carbocycles. The smallest absolute Gasteiger partial charge is 0.396 e. The summed E-state index contributed by atoms with van der Waals surface area (Å²) in [5, 5.41) is -0.961. The minimum absolute atomic E-state index is 0.0127. The number of ether oxygens (including phenoxy) is 1. The highest BCUT2D eigenvalue weighted by atomic mass is 35.5. The van der Waals surface area contributed by atoms with Crippen molar-refractivity contribution in [2.45, 2.75) is 0 Å². The van der Waals surface area contributed by atoms with Crippen LogP contribution in [0.2, 0.25) is 15.1 Å². The molecule has 0 N–H and O–H groups in total. The molecule has 0 aliphatic rings. The second-order valence-corrected chi connectivity index (χ2v) is 3.96. The fraction of sp³-hybridized carbons (Fsp3) is 0. The molecule has 0 radical (unpaired) electrons. The molecule has 1 aromatic rings. The monoisotopic (exact) mass is 286 g/mol. The third kappa shape index (κ3) is 3.24. The van der Waals surface area contributed by atoms with Crippen molar-refractivity contribution in [3.8, 4) is 5.75 Å². The summed E-state index contributed by atoms with van der Waals surface area (Å²) in [4.78, 5) is 21.3. The molecule has 7 heteroatoms. The van der Waals surface area contributed by atoms with Gasteiger partial charge in [-0.2, -0.15) is 0 Å². The molecule has 0 bridgehead atoms. The van der Waals surface area contributed by atoms with Crippen LogP contribution >= 0.6 is 46.4 Å². The molecular formula is C8H2Cl4O3. The summed E-state index contributed by atoms with van der Waals surface area (Å²) in [5.41, 5.74) is 0. The van der Waals surface area contributed by atoms with Crippen LogP contribution in [0.4, 0.5) is 0 Å². The Morgan fingerprint density at radius 2 is 1.53 bits per heavy atom. The van der Waals surface area contributed by atoms with Crippen molar-refractivity contribution in [3.05, 3.63) is 27.2 Å². The first-order valence-electron chi connectivity index (χ1n) is 3.48. The Morgan fingerprint density at radius 1 is 1.07 bits per heavy atom. The predicted molar refractivity (Wildman–Crippen MR) is 58.0 cm³/mol. The fourth-order valence-electron chi connectivity index (χ4n) is 0.759. The van der Waals surface area contributed by atoms with Gasteiger partial charge in [0.1, 0.15) is 0 Å². The average Bonchev–Trinajstić information content (AvgIpc) is 2.10. The Kier molecular flexibility index (Phi) is 4.22. The van der Waals surface area contributed by atoms with Crippen LogP contribution in [0.15, 0.2) is 12.1 Å². The van der Waals surface area contributed by atoms with Gasteiger partial charge in [0.05, 0.1) is 10.0 Å². The molecule has 0 atom stereocenters. The number of benzene rings is 1. The van der Waals surface area contributed by atoms with Crippen molar-refractivity contribution in [3.63, 3.8) is 0 Å². The van der Waals surface area contributed by atoms with Gasteiger partial charge in [-0.15, -0.1) is 0 Å². The zero-order valence-corrected chi connectivity index (χ0v) is 9.92. The zero-order chi connectivity index (χ0) is 11.6. The van der Waals surface area contributed by atoms with Crippen molar-refractivity contribution in [2.24, 2.45) is 0 Å². The van der Waals surface area contributed by atoms with Crippen LogP contribution < -0.4 is 4.74 Å². The van der Waals surface area contributed by atoms with E-state index in [-0.39, 0.29) is 20.8 Å². The summed E-state index contributed by atoms with van der Waals surface area (Å²) in [6.45, 7) is 0. The number of carbonyl (C=O) groups is 2. The van der Waals surface area contributed by atoms with E-state index in [0.717, 1.165) is 0 Å². The lowest BCUT2D eigenvalue weighted by molar-refractivity contribution is -0.143. The topological polar surface area (TPSA) is 43.4 Å². The molecule has 3 nitrogen and oxygen atoms in total. The SMILES string of the molecule is O=C(Cl)C(=O)Oc1c(Cl)cc(Cl)cc1Cl. The first-order valence-corrected chi connectivity index (χ1v) is 4.99. The molecule has 0 heterocycles. The van der Waals surface area contributed by atoms with Crippen molar-refractivity contribution >= 4 is 57.6 Å². The number of rotatable bonds is 2. The summed E-state index contributed by atoms with van der Waals surface area (Å²) in [7, 11) is 0. The quantitative estimate of drug-likeness (QED) is 0.363. The summed E-state index contributed by atoms with van der Waals surface area (Å²) in [6.07, 6.45) is 0. The molecule has 1 aromatic carbocycles. The Morgan fingerprint density at radius 3 is 1.93 bits per heavy atom. The maximum Gasteiger partial charge on any atom is 0.396 e. The van der Waals surface area contributed by atoms with Crippen molar-refractivity contribution in [1.29, 1.82) is 0 Å². The normalized spacial score (nSPS) is 9.87. The molecular weight excluding hydrogens is 286 g/mol. The predicted octanol–water partition coefficient (Wildman–Crippen LogP) is 3.32. The fourth-order valence-corrected chi connectivity index (χ4v) is 1.69. The Balaban J connectivity index is 3.05. The third-order valence-electron chi connectivity index (χ3n) is 1.32.